The van der Waals surface area contributed by atoms with Crippen molar-refractivity contribution in [1.82, 2.24) is 5.43 Å². The third-order valence-corrected chi connectivity index (χ3v) is 4.35. The van der Waals surface area contributed by atoms with Gasteiger partial charge in [0.15, 0.2) is 0 Å². The molecule has 0 spiro atoms. The van der Waals surface area contributed by atoms with Gasteiger partial charge < -0.3 is 0 Å². The summed E-state index contributed by atoms with van der Waals surface area (Å²) in [5.74, 6) is -0.265. The summed E-state index contributed by atoms with van der Waals surface area (Å²) in [6, 6.07) is 10.9. The van der Waals surface area contributed by atoms with Crippen molar-refractivity contribution in [1.29, 1.82) is 0 Å². The van der Waals surface area contributed by atoms with Crippen molar-refractivity contribution in [3.63, 3.8) is 0 Å². The van der Waals surface area contributed by atoms with Crippen LogP contribution in [-0.4, -0.2) is 11.6 Å². The maximum atomic E-state index is 11.9. The van der Waals surface area contributed by atoms with Crippen LogP contribution in [0.15, 0.2) is 41.5 Å². The Balaban J connectivity index is 2.06. The van der Waals surface area contributed by atoms with Gasteiger partial charge in [0.1, 0.15) is 0 Å². The third-order valence-electron chi connectivity index (χ3n) is 2.78. The number of halogens is 1. The highest BCUT2D eigenvalue weighted by molar-refractivity contribution is 7.14. The van der Waals surface area contributed by atoms with Gasteiger partial charge in [0.2, 0.25) is 0 Å². The summed E-state index contributed by atoms with van der Waals surface area (Å²) in [5, 5.41) is 4.66. The van der Waals surface area contributed by atoms with Crippen LogP contribution in [0, 0.1) is 0 Å². The van der Waals surface area contributed by atoms with E-state index in [1.54, 1.807) is 35.6 Å². The minimum Gasteiger partial charge on any atom is -0.267 e. The molecule has 0 fully saturated rings. The first-order valence-corrected chi connectivity index (χ1v) is 7.49. The maximum absolute atomic E-state index is 11.9. The van der Waals surface area contributed by atoms with E-state index in [9.17, 15) is 4.79 Å². The summed E-state index contributed by atoms with van der Waals surface area (Å²) < 4.78 is 0. The lowest BCUT2D eigenvalue weighted by Gasteiger charge is -2.02. The van der Waals surface area contributed by atoms with E-state index in [1.807, 2.05) is 13.0 Å². The summed E-state index contributed by atoms with van der Waals surface area (Å²) in [5.41, 5.74) is 3.84. The molecule has 0 radical (unpaired) electrons. The number of thiophene rings is 1. The Morgan fingerprint density at radius 3 is 2.80 bits per heavy atom. The molecule has 0 unspecified atom stereocenters. The summed E-state index contributed by atoms with van der Waals surface area (Å²) >= 11 is 7.54. The van der Waals surface area contributed by atoms with Crippen molar-refractivity contribution in [3.8, 4) is 0 Å². The van der Waals surface area contributed by atoms with Crippen LogP contribution in [0.3, 0.4) is 0 Å². The fourth-order valence-electron chi connectivity index (χ4n) is 1.65. The lowest BCUT2D eigenvalue weighted by atomic mass is 10.2. The van der Waals surface area contributed by atoms with Crippen LogP contribution in [0.2, 0.25) is 5.02 Å². The Hall–Kier alpha value is -1.65. The van der Waals surface area contributed by atoms with Gasteiger partial charge in [-0.05, 0) is 43.7 Å². The van der Waals surface area contributed by atoms with Crippen molar-refractivity contribution in [2.75, 3.05) is 0 Å². The molecule has 1 aromatic carbocycles. The zero-order chi connectivity index (χ0) is 14.5. The minimum atomic E-state index is -0.265. The van der Waals surface area contributed by atoms with Crippen molar-refractivity contribution in [2.45, 2.75) is 20.3 Å². The van der Waals surface area contributed by atoms with Gasteiger partial charge >= 0.3 is 0 Å². The number of hydrogen-bond donors (Lipinski definition) is 1. The SMILES string of the molecule is CCc1ccc(C(C)=NNC(=O)c2cccc(Cl)c2)s1. The molecule has 1 aromatic heterocycles. The predicted molar refractivity (Wildman–Crippen MR) is 84.8 cm³/mol. The van der Waals surface area contributed by atoms with Crippen LogP contribution in [0.5, 0.6) is 0 Å². The number of carbonyl (C=O) groups is 1. The van der Waals surface area contributed by atoms with Gasteiger partial charge in [0, 0.05) is 15.5 Å². The van der Waals surface area contributed by atoms with Gasteiger partial charge in [-0.25, -0.2) is 5.43 Å². The third kappa shape index (κ3) is 3.68. The first kappa shape index (κ1) is 14.8. The van der Waals surface area contributed by atoms with Crippen molar-refractivity contribution >= 4 is 34.6 Å². The fraction of sp³-hybridized carbons (Fsp3) is 0.200. The van der Waals surface area contributed by atoms with Crippen LogP contribution in [0.25, 0.3) is 0 Å². The van der Waals surface area contributed by atoms with E-state index in [4.69, 9.17) is 11.6 Å². The van der Waals surface area contributed by atoms with E-state index >= 15 is 0 Å². The van der Waals surface area contributed by atoms with E-state index < -0.39 is 0 Å². The van der Waals surface area contributed by atoms with E-state index in [1.165, 1.54) is 4.88 Å². The molecule has 2 rings (SSSR count). The smallest absolute Gasteiger partial charge is 0.267 e. The number of hydrazone groups is 1. The molecule has 0 saturated carbocycles. The minimum absolute atomic E-state index is 0.265. The average Bonchev–Trinajstić information content (AvgIpc) is 2.93. The highest BCUT2D eigenvalue weighted by Gasteiger charge is 2.06. The second-order valence-corrected chi connectivity index (χ2v) is 5.87. The molecular weight excluding hydrogens is 292 g/mol. The Kier molecular flexibility index (Phi) is 4.93. The molecule has 2 aromatic rings. The number of nitrogens with one attached hydrogen (secondary N) is 1. The molecule has 20 heavy (non-hydrogen) atoms. The Bertz CT molecular complexity index is 649. The number of nitrogens with zero attached hydrogens (tertiary/aromatic N) is 1. The number of aryl methyl sites for hydroxylation is 1. The van der Waals surface area contributed by atoms with Gasteiger partial charge in [0.25, 0.3) is 5.91 Å². The molecule has 0 aliphatic rings. The average molecular weight is 307 g/mol. The molecule has 1 heterocycles. The van der Waals surface area contributed by atoms with Crippen molar-refractivity contribution < 1.29 is 4.79 Å². The summed E-state index contributed by atoms with van der Waals surface area (Å²) in [4.78, 5) is 14.3. The highest BCUT2D eigenvalue weighted by Crippen LogP contribution is 2.17. The molecule has 5 heteroatoms. The Morgan fingerprint density at radius 1 is 1.35 bits per heavy atom. The molecule has 0 atom stereocenters. The Labute approximate surface area is 127 Å². The van der Waals surface area contributed by atoms with Crippen molar-refractivity contribution in [3.05, 3.63) is 56.7 Å². The summed E-state index contributed by atoms with van der Waals surface area (Å²) in [6.07, 6.45) is 1.01. The maximum Gasteiger partial charge on any atom is 0.271 e. The summed E-state index contributed by atoms with van der Waals surface area (Å²) in [6.45, 7) is 3.99. The lowest BCUT2D eigenvalue weighted by molar-refractivity contribution is 0.0955. The van der Waals surface area contributed by atoms with Gasteiger partial charge in [-0.3, -0.25) is 4.79 Å². The van der Waals surface area contributed by atoms with Gasteiger partial charge in [0.05, 0.1) is 10.6 Å². The van der Waals surface area contributed by atoms with Crippen LogP contribution >= 0.6 is 22.9 Å². The normalized spacial score (nSPS) is 11.4. The van der Waals surface area contributed by atoms with E-state index in [0.29, 0.717) is 10.6 Å². The molecule has 1 amide bonds. The number of hydrogen-bond acceptors (Lipinski definition) is 3. The first-order chi connectivity index (χ1) is 9.60. The molecule has 104 valence electrons. The summed E-state index contributed by atoms with van der Waals surface area (Å²) in [7, 11) is 0. The fourth-order valence-corrected chi connectivity index (χ4v) is 2.73. The van der Waals surface area contributed by atoms with Gasteiger partial charge in [-0.15, -0.1) is 11.3 Å². The number of amides is 1. The number of rotatable bonds is 4. The molecular formula is C15H15ClN2OS. The predicted octanol–water partition coefficient (Wildman–Crippen LogP) is 4.12. The molecule has 0 aliphatic carbocycles. The van der Waals surface area contributed by atoms with Gasteiger partial charge in [-0.2, -0.15) is 5.10 Å². The molecule has 0 aliphatic heterocycles. The van der Waals surface area contributed by atoms with Crippen LogP contribution in [-0.2, 0) is 6.42 Å². The van der Waals surface area contributed by atoms with E-state index in [-0.39, 0.29) is 5.91 Å². The van der Waals surface area contributed by atoms with Crippen LogP contribution in [0.4, 0.5) is 0 Å². The topological polar surface area (TPSA) is 41.5 Å². The van der Waals surface area contributed by atoms with Gasteiger partial charge in [-0.1, -0.05) is 24.6 Å². The second kappa shape index (κ2) is 6.68. The number of carbonyl (C=O) groups excluding carboxylic acids is 1. The molecule has 3 nitrogen and oxygen atoms in total. The monoisotopic (exact) mass is 306 g/mol. The molecule has 0 saturated heterocycles. The lowest BCUT2D eigenvalue weighted by Crippen LogP contribution is -2.19. The van der Waals surface area contributed by atoms with E-state index in [0.717, 1.165) is 17.0 Å². The standard InChI is InChI=1S/C15H15ClN2OS/c1-3-13-7-8-14(20-13)10(2)17-18-15(19)11-5-4-6-12(16)9-11/h4-9H,3H2,1-2H3,(H,18,19). The van der Waals surface area contributed by atoms with E-state index in [2.05, 4.69) is 23.5 Å². The zero-order valence-electron chi connectivity index (χ0n) is 11.3. The highest BCUT2D eigenvalue weighted by atomic mass is 35.5. The van der Waals surface area contributed by atoms with Crippen LogP contribution < -0.4 is 5.43 Å². The zero-order valence-corrected chi connectivity index (χ0v) is 12.9. The second-order valence-electron chi connectivity index (χ2n) is 4.27. The Morgan fingerprint density at radius 2 is 2.15 bits per heavy atom. The van der Waals surface area contributed by atoms with Crippen LogP contribution in [0.1, 0.15) is 34.0 Å². The first-order valence-electron chi connectivity index (χ1n) is 6.29. The molecule has 1 N–H and O–H groups in total. The molecule has 0 bridgehead atoms. The quantitative estimate of drug-likeness (QED) is 0.670. The largest absolute Gasteiger partial charge is 0.271 e. The van der Waals surface area contributed by atoms with Crippen molar-refractivity contribution in [2.24, 2.45) is 5.10 Å². The number of benzene rings is 1.